The van der Waals surface area contributed by atoms with E-state index in [0.717, 1.165) is 10.9 Å². The number of rotatable bonds is 6. The molecule has 0 unspecified atom stereocenters. The van der Waals surface area contributed by atoms with E-state index in [1.54, 1.807) is 24.3 Å². The number of carbonyl (C=O) groups excluding carboxylic acids is 1. The molecule has 2 aromatic carbocycles. The van der Waals surface area contributed by atoms with Crippen LogP contribution in [-0.4, -0.2) is 17.6 Å². The first kappa shape index (κ1) is 20.3. The van der Waals surface area contributed by atoms with Crippen LogP contribution in [-0.2, 0) is 0 Å². The predicted octanol–water partition coefficient (Wildman–Crippen LogP) is 5.14. The van der Waals surface area contributed by atoms with Crippen LogP contribution in [0.5, 0.6) is 5.75 Å². The van der Waals surface area contributed by atoms with Gasteiger partial charge in [0.25, 0.3) is 5.91 Å². The van der Waals surface area contributed by atoms with Crippen molar-refractivity contribution in [1.82, 2.24) is 5.32 Å². The Bertz CT molecular complexity index is 799. The summed E-state index contributed by atoms with van der Waals surface area (Å²) >= 11 is 8.49. The van der Waals surface area contributed by atoms with E-state index in [9.17, 15) is 9.18 Å². The van der Waals surface area contributed by atoms with Crippen molar-refractivity contribution in [1.29, 1.82) is 0 Å². The number of nitrogens with one attached hydrogen (secondary N) is 2. The minimum atomic E-state index is -0.403. The van der Waals surface area contributed by atoms with Crippen LogP contribution in [0.2, 0.25) is 0 Å². The molecule has 0 aliphatic rings. The summed E-state index contributed by atoms with van der Waals surface area (Å²) in [5.74, 6) is 0.197. The van der Waals surface area contributed by atoms with E-state index in [2.05, 4.69) is 40.4 Å². The van der Waals surface area contributed by atoms with Crippen LogP contribution in [0.1, 0.15) is 30.6 Å². The zero-order chi connectivity index (χ0) is 19.1. The molecule has 1 amide bonds. The van der Waals surface area contributed by atoms with Crippen molar-refractivity contribution < 1.29 is 13.9 Å². The van der Waals surface area contributed by atoms with Crippen molar-refractivity contribution in [2.24, 2.45) is 5.92 Å². The zero-order valence-corrected chi connectivity index (χ0v) is 16.9. The van der Waals surface area contributed by atoms with Gasteiger partial charge in [0.2, 0.25) is 0 Å². The number of amides is 1. The van der Waals surface area contributed by atoms with E-state index in [1.807, 2.05) is 6.07 Å². The van der Waals surface area contributed by atoms with E-state index in [4.69, 9.17) is 17.0 Å². The standard InChI is InChI=1S/C19H20BrFN2O2S/c1-12(2)8-9-25-17-7-6-13(20)10-16(17)18(24)23-19(26)22-15-5-3-4-14(21)11-15/h3-7,10-12H,8-9H2,1-2H3,(H2,22,23,24,26). The van der Waals surface area contributed by atoms with E-state index in [0.29, 0.717) is 29.5 Å². The quantitative estimate of drug-likeness (QED) is 0.612. The van der Waals surface area contributed by atoms with Crippen molar-refractivity contribution in [3.05, 3.63) is 58.3 Å². The van der Waals surface area contributed by atoms with Crippen LogP contribution < -0.4 is 15.4 Å². The van der Waals surface area contributed by atoms with Crippen LogP contribution in [0.4, 0.5) is 10.1 Å². The van der Waals surface area contributed by atoms with E-state index in [-0.39, 0.29) is 5.11 Å². The molecule has 0 aliphatic heterocycles. The van der Waals surface area contributed by atoms with Gasteiger partial charge in [0.15, 0.2) is 5.11 Å². The van der Waals surface area contributed by atoms with Gasteiger partial charge < -0.3 is 10.1 Å². The first-order valence-electron chi connectivity index (χ1n) is 8.15. The highest BCUT2D eigenvalue weighted by molar-refractivity contribution is 9.10. The van der Waals surface area contributed by atoms with Crippen LogP contribution >= 0.6 is 28.1 Å². The zero-order valence-electron chi connectivity index (χ0n) is 14.5. The Hall–Kier alpha value is -1.99. The van der Waals surface area contributed by atoms with Gasteiger partial charge >= 0.3 is 0 Å². The number of halogens is 2. The molecule has 2 aromatic rings. The first-order chi connectivity index (χ1) is 12.3. The maximum atomic E-state index is 13.2. The van der Waals surface area contributed by atoms with Crippen molar-refractivity contribution in [2.45, 2.75) is 20.3 Å². The molecule has 138 valence electrons. The Morgan fingerprint density at radius 2 is 2.04 bits per heavy atom. The Kier molecular flexibility index (Phi) is 7.53. The fraction of sp³-hybridized carbons (Fsp3) is 0.263. The molecular formula is C19H20BrFN2O2S. The van der Waals surface area contributed by atoms with E-state index >= 15 is 0 Å². The molecule has 2 N–H and O–H groups in total. The van der Waals surface area contributed by atoms with Gasteiger partial charge in [-0.2, -0.15) is 0 Å². The molecule has 0 aromatic heterocycles. The molecule has 0 saturated carbocycles. The molecule has 0 spiro atoms. The average molecular weight is 439 g/mol. The number of thiocarbonyl (C=S) groups is 1. The van der Waals surface area contributed by atoms with E-state index < -0.39 is 11.7 Å². The number of ether oxygens (including phenoxy) is 1. The van der Waals surface area contributed by atoms with Gasteiger partial charge in [0.1, 0.15) is 11.6 Å². The molecule has 0 atom stereocenters. The van der Waals surface area contributed by atoms with Gasteiger partial charge in [0.05, 0.1) is 12.2 Å². The summed E-state index contributed by atoms with van der Waals surface area (Å²) in [6.45, 7) is 4.73. The fourth-order valence-electron chi connectivity index (χ4n) is 2.11. The minimum absolute atomic E-state index is 0.0775. The third kappa shape index (κ3) is 6.38. The van der Waals surface area contributed by atoms with Crippen molar-refractivity contribution in [3.8, 4) is 5.75 Å². The lowest BCUT2D eigenvalue weighted by molar-refractivity contribution is 0.0973. The monoisotopic (exact) mass is 438 g/mol. The van der Waals surface area contributed by atoms with E-state index in [1.165, 1.54) is 12.1 Å². The summed E-state index contributed by atoms with van der Waals surface area (Å²) in [4.78, 5) is 12.6. The molecule has 0 saturated heterocycles. The van der Waals surface area contributed by atoms with Crippen molar-refractivity contribution >= 4 is 44.9 Å². The highest BCUT2D eigenvalue weighted by Crippen LogP contribution is 2.24. The van der Waals surface area contributed by atoms with Gasteiger partial charge in [-0.3, -0.25) is 10.1 Å². The van der Waals surface area contributed by atoms with Gasteiger partial charge in [-0.15, -0.1) is 0 Å². The maximum Gasteiger partial charge on any atom is 0.261 e. The molecule has 4 nitrogen and oxygen atoms in total. The molecule has 7 heteroatoms. The Morgan fingerprint density at radius 1 is 1.27 bits per heavy atom. The predicted molar refractivity (Wildman–Crippen MR) is 109 cm³/mol. The summed E-state index contributed by atoms with van der Waals surface area (Å²) in [6, 6.07) is 11.0. The van der Waals surface area contributed by atoms with Gasteiger partial charge in [-0.25, -0.2) is 4.39 Å². The van der Waals surface area contributed by atoms with Gasteiger partial charge in [-0.1, -0.05) is 35.8 Å². The molecule has 26 heavy (non-hydrogen) atoms. The maximum absolute atomic E-state index is 13.2. The number of benzene rings is 2. The molecule has 2 rings (SSSR count). The number of carbonyl (C=O) groups is 1. The SMILES string of the molecule is CC(C)CCOc1ccc(Br)cc1C(=O)NC(=S)Nc1cccc(F)c1. The molecule has 0 radical (unpaired) electrons. The lowest BCUT2D eigenvalue weighted by atomic mass is 10.1. The summed E-state index contributed by atoms with van der Waals surface area (Å²) in [6.07, 6.45) is 0.886. The largest absolute Gasteiger partial charge is 0.493 e. The fourth-order valence-corrected chi connectivity index (χ4v) is 2.68. The molecule has 0 bridgehead atoms. The molecular weight excluding hydrogens is 419 g/mol. The number of anilines is 1. The molecule has 0 fully saturated rings. The molecule has 0 heterocycles. The Morgan fingerprint density at radius 3 is 2.73 bits per heavy atom. The third-order valence-electron chi connectivity index (χ3n) is 3.45. The lowest BCUT2D eigenvalue weighted by Gasteiger charge is -2.14. The second-order valence-electron chi connectivity index (χ2n) is 6.09. The van der Waals surface area contributed by atoms with Crippen molar-refractivity contribution in [2.75, 3.05) is 11.9 Å². The summed E-state index contributed by atoms with van der Waals surface area (Å²) in [5.41, 5.74) is 0.824. The van der Waals surface area contributed by atoms with Crippen LogP contribution in [0.25, 0.3) is 0 Å². The van der Waals surface area contributed by atoms with Gasteiger partial charge in [-0.05, 0) is 61.0 Å². The van der Waals surface area contributed by atoms with Crippen molar-refractivity contribution in [3.63, 3.8) is 0 Å². The Balaban J connectivity index is 2.05. The lowest BCUT2D eigenvalue weighted by Crippen LogP contribution is -2.34. The van der Waals surface area contributed by atoms with Crippen LogP contribution in [0.3, 0.4) is 0 Å². The topological polar surface area (TPSA) is 50.4 Å². The molecule has 0 aliphatic carbocycles. The van der Waals surface area contributed by atoms with Gasteiger partial charge in [0, 0.05) is 10.2 Å². The third-order valence-corrected chi connectivity index (χ3v) is 4.15. The second-order valence-corrected chi connectivity index (χ2v) is 7.41. The normalized spacial score (nSPS) is 10.5. The first-order valence-corrected chi connectivity index (χ1v) is 9.35. The minimum Gasteiger partial charge on any atom is -0.493 e. The Labute approximate surface area is 166 Å². The highest BCUT2D eigenvalue weighted by atomic mass is 79.9. The summed E-state index contributed by atoms with van der Waals surface area (Å²) < 4.78 is 19.7. The number of hydrogen-bond acceptors (Lipinski definition) is 3. The van der Waals surface area contributed by atoms with Crippen LogP contribution in [0.15, 0.2) is 46.9 Å². The second kappa shape index (κ2) is 9.64. The summed E-state index contributed by atoms with van der Waals surface area (Å²) in [7, 11) is 0. The smallest absolute Gasteiger partial charge is 0.261 e. The summed E-state index contributed by atoms with van der Waals surface area (Å²) in [5, 5.41) is 5.45. The highest BCUT2D eigenvalue weighted by Gasteiger charge is 2.15. The average Bonchev–Trinajstić information content (AvgIpc) is 2.55. The van der Waals surface area contributed by atoms with Crippen LogP contribution in [0, 0.1) is 11.7 Å². The number of hydrogen-bond donors (Lipinski definition) is 2.